The standard InChI is InChI=1S/C14H11N3O5/c18-11(15-6-9-12(19)17-14(21)16-9)8-5-7-3-1-2-4-10(7)22-13(8)20/h1-5,9H,6H2,(H,15,18)(H2,16,17,19,21). The van der Waals surface area contributed by atoms with Crippen molar-refractivity contribution in [2.24, 2.45) is 0 Å². The molecule has 8 heteroatoms. The molecule has 1 aromatic carbocycles. The summed E-state index contributed by atoms with van der Waals surface area (Å²) >= 11 is 0. The number of benzene rings is 1. The SMILES string of the molecule is O=C1NC(=O)C(CNC(=O)c2cc3ccccc3oc2=O)N1. The molecule has 8 nitrogen and oxygen atoms in total. The monoisotopic (exact) mass is 301 g/mol. The number of amides is 4. The molecule has 0 radical (unpaired) electrons. The lowest BCUT2D eigenvalue weighted by Gasteiger charge is -2.08. The van der Waals surface area contributed by atoms with Gasteiger partial charge in [-0.15, -0.1) is 0 Å². The Bertz CT molecular complexity index is 842. The number of hydrogen-bond acceptors (Lipinski definition) is 5. The largest absolute Gasteiger partial charge is 0.422 e. The molecular weight excluding hydrogens is 290 g/mol. The molecule has 1 aliphatic rings. The van der Waals surface area contributed by atoms with Crippen molar-refractivity contribution in [1.29, 1.82) is 0 Å². The van der Waals surface area contributed by atoms with E-state index in [-0.39, 0.29) is 12.1 Å². The lowest BCUT2D eigenvalue weighted by atomic mass is 10.1. The summed E-state index contributed by atoms with van der Waals surface area (Å²) in [7, 11) is 0. The summed E-state index contributed by atoms with van der Waals surface area (Å²) in [6.07, 6.45) is 0. The number of carbonyl (C=O) groups excluding carboxylic acids is 3. The molecule has 1 fully saturated rings. The predicted molar refractivity (Wildman–Crippen MR) is 75.3 cm³/mol. The summed E-state index contributed by atoms with van der Waals surface area (Å²) in [6, 6.07) is 6.74. The first-order valence-corrected chi connectivity index (χ1v) is 6.47. The maximum Gasteiger partial charge on any atom is 0.349 e. The molecule has 2 heterocycles. The number of imide groups is 1. The molecule has 1 aliphatic heterocycles. The minimum atomic E-state index is -0.857. The zero-order valence-corrected chi connectivity index (χ0v) is 11.2. The number of nitrogens with one attached hydrogen (secondary N) is 3. The highest BCUT2D eigenvalue weighted by Gasteiger charge is 2.29. The van der Waals surface area contributed by atoms with Gasteiger partial charge in [0, 0.05) is 11.9 Å². The van der Waals surface area contributed by atoms with Crippen molar-refractivity contribution in [1.82, 2.24) is 16.0 Å². The van der Waals surface area contributed by atoms with E-state index >= 15 is 0 Å². The fourth-order valence-corrected chi connectivity index (χ4v) is 2.11. The Labute approximate surface area is 123 Å². The molecule has 22 heavy (non-hydrogen) atoms. The van der Waals surface area contributed by atoms with E-state index in [4.69, 9.17) is 4.42 Å². The predicted octanol–water partition coefficient (Wildman–Crippen LogP) is -0.269. The zero-order chi connectivity index (χ0) is 15.7. The second-order valence-electron chi connectivity index (χ2n) is 4.71. The van der Waals surface area contributed by atoms with Crippen LogP contribution in [0, 0.1) is 0 Å². The molecule has 3 rings (SSSR count). The maximum atomic E-state index is 12.0. The van der Waals surface area contributed by atoms with Crippen molar-refractivity contribution in [3.63, 3.8) is 0 Å². The van der Waals surface area contributed by atoms with Crippen LogP contribution in [0.5, 0.6) is 0 Å². The first-order valence-electron chi connectivity index (χ1n) is 6.47. The van der Waals surface area contributed by atoms with Gasteiger partial charge in [0.15, 0.2) is 0 Å². The first-order chi connectivity index (χ1) is 10.5. The normalized spacial score (nSPS) is 17.2. The van der Waals surface area contributed by atoms with Gasteiger partial charge in [-0.25, -0.2) is 9.59 Å². The Balaban J connectivity index is 1.77. The molecule has 112 valence electrons. The van der Waals surface area contributed by atoms with Gasteiger partial charge in [0.25, 0.3) is 11.8 Å². The van der Waals surface area contributed by atoms with Crippen molar-refractivity contribution >= 4 is 28.8 Å². The van der Waals surface area contributed by atoms with Crippen LogP contribution in [0.25, 0.3) is 11.0 Å². The van der Waals surface area contributed by atoms with Crippen LogP contribution >= 0.6 is 0 Å². The molecule has 0 saturated carbocycles. The Morgan fingerprint density at radius 1 is 1.23 bits per heavy atom. The van der Waals surface area contributed by atoms with E-state index in [9.17, 15) is 19.2 Å². The van der Waals surface area contributed by atoms with E-state index < -0.39 is 29.5 Å². The van der Waals surface area contributed by atoms with E-state index in [0.717, 1.165) is 0 Å². The number of carbonyl (C=O) groups is 3. The van der Waals surface area contributed by atoms with Crippen molar-refractivity contribution in [2.75, 3.05) is 6.54 Å². The quantitative estimate of drug-likeness (QED) is 0.533. The third-order valence-electron chi connectivity index (χ3n) is 3.21. The van der Waals surface area contributed by atoms with E-state index in [1.165, 1.54) is 6.07 Å². The van der Waals surface area contributed by atoms with E-state index in [2.05, 4.69) is 10.6 Å². The van der Waals surface area contributed by atoms with Gasteiger partial charge in [0.2, 0.25) is 0 Å². The zero-order valence-electron chi connectivity index (χ0n) is 11.2. The number of rotatable bonds is 3. The van der Waals surface area contributed by atoms with E-state index in [0.29, 0.717) is 11.0 Å². The highest BCUT2D eigenvalue weighted by Crippen LogP contribution is 2.12. The molecule has 3 N–H and O–H groups in total. The average Bonchev–Trinajstić information content (AvgIpc) is 2.82. The van der Waals surface area contributed by atoms with Gasteiger partial charge in [-0.2, -0.15) is 0 Å². The molecule has 1 aromatic heterocycles. The van der Waals surface area contributed by atoms with Gasteiger partial charge < -0.3 is 15.1 Å². The third kappa shape index (κ3) is 2.53. The summed E-state index contributed by atoms with van der Waals surface area (Å²) in [4.78, 5) is 46.2. The highest BCUT2D eigenvalue weighted by molar-refractivity contribution is 6.04. The fraction of sp³-hybridized carbons (Fsp3) is 0.143. The van der Waals surface area contributed by atoms with E-state index in [1.54, 1.807) is 24.3 Å². The van der Waals surface area contributed by atoms with Gasteiger partial charge in [-0.1, -0.05) is 18.2 Å². The minimum absolute atomic E-state index is 0.122. The second kappa shape index (κ2) is 5.32. The van der Waals surface area contributed by atoms with Crippen molar-refractivity contribution in [3.8, 4) is 0 Å². The Morgan fingerprint density at radius 2 is 2.00 bits per heavy atom. The van der Waals surface area contributed by atoms with Crippen molar-refractivity contribution in [3.05, 3.63) is 46.3 Å². The van der Waals surface area contributed by atoms with Crippen molar-refractivity contribution in [2.45, 2.75) is 6.04 Å². The molecule has 1 atom stereocenters. The average molecular weight is 301 g/mol. The lowest BCUT2D eigenvalue weighted by molar-refractivity contribution is -0.120. The molecule has 1 unspecified atom stereocenters. The highest BCUT2D eigenvalue weighted by atomic mass is 16.4. The summed E-state index contributed by atoms with van der Waals surface area (Å²) in [5.41, 5.74) is -0.550. The van der Waals surface area contributed by atoms with Crippen LogP contribution in [0.4, 0.5) is 4.79 Å². The molecular formula is C14H11N3O5. The van der Waals surface area contributed by atoms with Crippen LogP contribution < -0.4 is 21.6 Å². The maximum absolute atomic E-state index is 12.0. The van der Waals surface area contributed by atoms with Gasteiger partial charge >= 0.3 is 11.7 Å². The number of urea groups is 1. The number of hydrogen-bond donors (Lipinski definition) is 3. The lowest BCUT2D eigenvalue weighted by Crippen LogP contribution is -2.42. The molecule has 0 bridgehead atoms. The molecule has 4 amide bonds. The topological polar surface area (TPSA) is 118 Å². The Morgan fingerprint density at radius 3 is 2.73 bits per heavy atom. The Hall–Kier alpha value is -3.16. The first kappa shape index (κ1) is 13.8. The van der Waals surface area contributed by atoms with Crippen LogP contribution in [-0.4, -0.2) is 30.4 Å². The van der Waals surface area contributed by atoms with Crippen LogP contribution in [-0.2, 0) is 4.79 Å². The second-order valence-corrected chi connectivity index (χ2v) is 4.71. The van der Waals surface area contributed by atoms with Crippen LogP contribution in [0.15, 0.2) is 39.5 Å². The van der Waals surface area contributed by atoms with Gasteiger partial charge in [0.05, 0.1) is 0 Å². The van der Waals surface area contributed by atoms with Crippen LogP contribution in [0.2, 0.25) is 0 Å². The molecule has 2 aromatic rings. The smallest absolute Gasteiger partial charge is 0.349 e. The summed E-state index contributed by atoms with van der Waals surface area (Å²) in [5.74, 6) is -1.20. The third-order valence-corrected chi connectivity index (χ3v) is 3.21. The van der Waals surface area contributed by atoms with Crippen LogP contribution in [0.3, 0.4) is 0 Å². The summed E-state index contributed by atoms with van der Waals surface area (Å²) < 4.78 is 5.06. The van der Waals surface area contributed by atoms with Crippen molar-refractivity contribution < 1.29 is 18.8 Å². The fourth-order valence-electron chi connectivity index (χ4n) is 2.11. The molecule has 0 spiro atoms. The Kier molecular flexibility index (Phi) is 3.34. The summed E-state index contributed by atoms with van der Waals surface area (Å²) in [6.45, 7) is -0.122. The molecule has 0 aliphatic carbocycles. The van der Waals surface area contributed by atoms with Gasteiger partial charge in [-0.05, 0) is 12.1 Å². The summed E-state index contributed by atoms with van der Waals surface area (Å²) in [5, 5.41) is 7.42. The van der Waals surface area contributed by atoms with E-state index in [1.807, 2.05) is 5.32 Å². The van der Waals surface area contributed by atoms with Gasteiger partial charge in [0.1, 0.15) is 17.2 Å². The minimum Gasteiger partial charge on any atom is -0.422 e. The van der Waals surface area contributed by atoms with Gasteiger partial charge in [-0.3, -0.25) is 14.9 Å². The molecule has 1 saturated heterocycles. The number of para-hydroxylation sites is 1. The number of fused-ring (bicyclic) bond motifs is 1. The van der Waals surface area contributed by atoms with Crippen LogP contribution in [0.1, 0.15) is 10.4 Å².